The Balaban J connectivity index is 1.68. The number of fused-ring (bicyclic) bond motifs is 1. The van der Waals surface area contributed by atoms with E-state index in [2.05, 4.69) is 15.2 Å². The lowest BCUT2D eigenvalue weighted by Gasteiger charge is -2.13. The van der Waals surface area contributed by atoms with E-state index in [0.29, 0.717) is 33.6 Å². The van der Waals surface area contributed by atoms with Gasteiger partial charge in [-0.1, -0.05) is 23.9 Å². The number of rotatable bonds is 5. The molecule has 3 aromatic heterocycles. The number of hydrogen-bond donors (Lipinski definition) is 0. The fourth-order valence-electron chi connectivity index (χ4n) is 2.80. The van der Waals surface area contributed by atoms with E-state index < -0.39 is 6.55 Å². The van der Waals surface area contributed by atoms with E-state index in [0.717, 1.165) is 4.57 Å². The third-order valence-corrected chi connectivity index (χ3v) is 5.17. The maximum Gasteiger partial charge on any atom is 0.320 e. The van der Waals surface area contributed by atoms with E-state index in [4.69, 9.17) is 4.42 Å². The number of aromatic nitrogens is 5. The Hall–Kier alpha value is -2.68. The zero-order valence-corrected chi connectivity index (χ0v) is 14.8. The highest BCUT2D eigenvalue weighted by Gasteiger charge is 2.24. The lowest BCUT2D eigenvalue weighted by Crippen LogP contribution is -2.07. The summed E-state index contributed by atoms with van der Waals surface area (Å²) in [6.45, 7) is -0.843. The number of hydrogen-bond acceptors (Lipinski definition) is 5. The number of halogens is 2. The van der Waals surface area contributed by atoms with Crippen molar-refractivity contribution in [3.8, 4) is 11.6 Å². The van der Waals surface area contributed by atoms with E-state index in [-0.39, 0.29) is 5.25 Å². The van der Waals surface area contributed by atoms with Crippen molar-refractivity contribution in [2.24, 2.45) is 7.05 Å². The predicted octanol–water partition coefficient (Wildman–Crippen LogP) is 4.67. The molecule has 0 aliphatic rings. The van der Waals surface area contributed by atoms with Crippen molar-refractivity contribution >= 4 is 22.8 Å². The van der Waals surface area contributed by atoms with Crippen LogP contribution in [0.1, 0.15) is 24.5 Å². The average molecular weight is 375 g/mol. The summed E-state index contributed by atoms with van der Waals surface area (Å²) < 4.78 is 35.3. The number of imidazole rings is 1. The van der Waals surface area contributed by atoms with Crippen LogP contribution >= 0.6 is 11.8 Å². The molecular weight excluding hydrogens is 360 g/mol. The minimum absolute atomic E-state index is 0.300. The Morgan fingerprint density at radius 3 is 2.65 bits per heavy atom. The predicted molar refractivity (Wildman–Crippen MR) is 94.0 cm³/mol. The van der Waals surface area contributed by atoms with Crippen molar-refractivity contribution in [2.75, 3.05) is 0 Å². The van der Waals surface area contributed by atoms with Gasteiger partial charge in [0, 0.05) is 7.05 Å². The Bertz CT molecular complexity index is 1040. The highest BCUT2D eigenvalue weighted by Crippen LogP contribution is 2.37. The Kier molecular flexibility index (Phi) is 4.23. The molecule has 1 atom stereocenters. The lowest BCUT2D eigenvalue weighted by molar-refractivity contribution is 0.0715. The van der Waals surface area contributed by atoms with Gasteiger partial charge in [0.2, 0.25) is 0 Å². The molecule has 0 aliphatic heterocycles. The van der Waals surface area contributed by atoms with Gasteiger partial charge in [0.05, 0.1) is 22.5 Å². The number of benzene rings is 1. The van der Waals surface area contributed by atoms with Crippen LogP contribution < -0.4 is 0 Å². The van der Waals surface area contributed by atoms with Crippen LogP contribution in [0.5, 0.6) is 0 Å². The molecule has 0 N–H and O–H groups in total. The fourth-order valence-corrected chi connectivity index (χ4v) is 3.72. The van der Waals surface area contributed by atoms with Crippen molar-refractivity contribution in [1.29, 1.82) is 0 Å². The van der Waals surface area contributed by atoms with Crippen LogP contribution in [0.3, 0.4) is 0 Å². The minimum atomic E-state index is -2.67. The molecule has 0 aliphatic carbocycles. The summed E-state index contributed by atoms with van der Waals surface area (Å²) in [4.78, 5) is 4.40. The summed E-state index contributed by atoms with van der Waals surface area (Å²) in [5.74, 6) is 1.47. The summed E-state index contributed by atoms with van der Waals surface area (Å²) in [6, 6.07) is 10.4. The van der Waals surface area contributed by atoms with Crippen LogP contribution in [0.25, 0.3) is 22.6 Å². The van der Waals surface area contributed by atoms with E-state index in [1.807, 2.05) is 14.0 Å². The molecule has 4 aromatic rings. The molecule has 0 saturated carbocycles. The molecule has 9 heteroatoms. The van der Waals surface area contributed by atoms with Gasteiger partial charge in [-0.2, -0.15) is 8.78 Å². The van der Waals surface area contributed by atoms with Crippen LogP contribution in [0.4, 0.5) is 8.78 Å². The second-order valence-electron chi connectivity index (χ2n) is 5.71. The quantitative estimate of drug-likeness (QED) is 0.474. The molecular formula is C17H15F2N5OS. The van der Waals surface area contributed by atoms with Crippen LogP contribution in [0, 0.1) is 0 Å². The molecule has 26 heavy (non-hydrogen) atoms. The van der Waals surface area contributed by atoms with Crippen LogP contribution in [-0.4, -0.2) is 24.3 Å². The molecule has 0 radical (unpaired) electrons. The zero-order chi connectivity index (χ0) is 18.3. The van der Waals surface area contributed by atoms with E-state index in [1.165, 1.54) is 11.8 Å². The summed E-state index contributed by atoms with van der Waals surface area (Å²) in [6.07, 6.45) is 1.56. The van der Waals surface area contributed by atoms with Crippen molar-refractivity contribution < 1.29 is 13.2 Å². The van der Waals surface area contributed by atoms with Gasteiger partial charge in [-0.05, 0) is 31.2 Å². The van der Waals surface area contributed by atoms with Gasteiger partial charge in [0.1, 0.15) is 5.82 Å². The standard InChI is InChI=1S/C17H15F2N5OS/c1-10(14-20-11-6-3-4-7-12(11)24(14)16(18)19)26-17-22-21-15(23(17)2)13-8-5-9-25-13/h3-10,16H,1-2H3. The summed E-state index contributed by atoms with van der Waals surface area (Å²) in [5, 5.41) is 8.54. The number of thioether (sulfide) groups is 1. The van der Waals surface area contributed by atoms with Crippen LogP contribution in [-0.2, 0) is 7.05 Å². The van der Waals surface area contributed by atoms with E-state index in [1.54, 1.807) is 47.2 Å². The second kappa shape index (κ2) is 6.56. The van der Waals surface area contributed by atoms with Gasteiger partial charge in [-0.3, -0.25) is 4.57 Å². The first-order valence-corrected chi connectivity index (χ1v) is 8.79. The number of nitrogens with zero attached hydrogens (tertiary/aromatic N) is 5. The lowest BCUT2D eigenvalue weighted by atomic mass is 10.3. The highest BCUT2D eigenvalue weighted by atomic mass is 32.2. The second-order valence-corrected chi connectivity index (χ2v) is 7.02. The van der Waals surface area contributed by atoms with Crippen molar-refractivity contribution in [3.63, 3.8) is 0 Å². The van der Waals surface area contributed by atoms with Crippen molar-refractivity contribution in [2.45, 2.75) is 23.9 Å². The molecule has 3 heterocycles. The van der Waals surface area contributed by atoms with Crippen molar-refractivity contribution in [3.05, 3.63) is 48.5 Å². The Labute approximate surface area is 151 Å². The molecule has 0 saturated heterocycles. The highest BCUT2D eigenvalue weighted by molar-refractivity contribution is 7.99. The molecule has 0 fully saturated rings. The first-order valence-electron chi connectivity index (χ1n) is 7.91. The maximum absolute atomic E-state index is 13.6. The monoisotopic (exact) mass is 375 g/mol. The topological polar surface area (TPSA) is 61.7 Å². The normalized spacial score (nSPS) is 13.0. The number of para-hydroxylation sites is 2. The number of furan rings is 1. The molecule has 0 bridgehead atoms. The van der Waals surface area contributed by atoms with Gasteiger partial charge in [-0.15, -0.1) is 10.2 Å². The molecule has 1 unspecified atom stereocenters. The largest absolute Gasteiger partial charge is 0.461 e. The Morgan fingerprint density at radius 2 is 1.92 bits per heavy atom. The molecule has 134 valence electrons. The van der Waals surface area contributed by atoms with E-state index >= 15 is 0 Å². The fraction of sp³-hybridized carbons (Fsp3) is 0.235. The SMILES string of the molecule is CC(Sc1nnc(-c2ccco2)n1C)c1nc2ccccc2n1C(F)F. The molecule has 0 amide bonds. The van der Waals surface area contributed by atoms with Crippen LogP contribution in [0.15, 0.2) is 52.2 Å². The van der Waals surface area contributed by atoms with Gasteiger partial charge in [0.25, 0.3) is 0 Å². The molecule has 6 nitrogen and oxygen atoms in total. The molecule has 0 spiro atoms. The van der Waals surface area contributed by atoms with E-state index in [9.17, 15) is 8.78 Å². The zero-order valence-electron chi connectivity index (χ0n) is 14.0. The molecule has 1 aromatic carbocycles. The summed E-state index contributed by atoms with van der Waals surface area (Å²) in [5.41, 5.74) is 0.962. The van der Waals surface area contributed by atoms with Gasteiger partial charge < -0.3 is 8.98 Å². The maximum atomic E-state index is 13.6. The average Bonchev–Trinajstić information content (AvgIpc) is 3.33. The first kappa shape index (κ1) is 16.8. The summed E-state index contributed by atoms with van der Waals surface area (Å²) >= 11 is 1.32. The first-order chi connectivity index (χ1) is 12.6. The Morgan fingerprint density at radius 1 is 1.12 bits per heavy atom. The number of alkyl halides is 2. The van der Waals surface area contributed by atoms with Crippen molar-refractivity contribution in [1.82, 2.24) is 24.3 Å². The van der Waals surface area contributed by atoms with Gasteiger partial charge in [0.15, 0.2) is 16.7 Å². The third-order valence-electron chi connectivity index (χ3n) is 4.04. The van der Waals surface area contributed by atoms with Gasteiger partial charge in [-0.25, -0.2) is 4.98 Å². The smallest absolute Gasteiger partial charge is 0.320 e. The summed E-state index contributed by atoms with van der Waals surface area (Å²) in [7, 11) is 1.81. The third kappa shape index (κ3) is 2.78. The van der Waals surface area contributed by atoms with Crippen LogP contribution in [0.2, 0.25) is 0 Å². The molecule has 4 rings (SSSR count). The minimum Gasteiger partial charge on any atom is -0.461 e. The van der Waals surface area contributed by atoms with Gasteiger partial charge >= 0.3 is 6.55 Å².